The van der Waals surface area contributed by atoms with Crippen LogP contribution in [0.4, 0.5) is 31.1 Å². The van der Waals surface area contributed by atoms with E-state index in [1.54, 1.807) is 20.8 Å². The molecule has 1 heterocycles. The Morgan fingerprint density at radius 2 is 1.72 bits per heavy atom. The van der Waals surface area contributed by atoms with E-state index in [0.717, 1.165) is 12.1 Å². The maximum absolute atomic E-state index is 15.8. The molecule has 2 amide bonds. The molecule has 3 atom stereocenters. The average molecular weight is 635 g/mol. The molecule has 43 heavy (non-hydrogen) atoms. The predicted octanol–water partition coefficient (Wildman–Crippen LogP) is 5.80. The third-order valence-corrected chi connectivity index (χ3v) is 8.77. The first-order valence-electron chi connectivity index (χ1n) is 13.5. The molecule has 0 aromatic heterocycles. The average Bonchev–Trinajstić information content (AvgIpc) is 3.21. The molecule has 2 fully saturated rings. The summed E-state index contributed by atoms with van der Waals surface area (Å²) in [5, 5.41) is 2.60. The van der Waals surface area contributed by atoms with Gasteiger partial charge >= 0.3 is 11.6 Å². The van der Waals surface area contributed by atoms with Crippen LogP contribution in [0, 0.1) is 22.2 Å². The van der Waals surface area contributed by atoms with Gasteiger partial charge in [0.25, 0.3) is 0 Å². The van der Waals surface area contributed by atoms with Crippen LogP contribution in [0.25, 0.3) is 11.1 Å². The molecule has 2 aromatic rings. The SMILES string of the molecule is CC(C)(C)OC(=O)NC1(C(=O)N2CC[C@H](NS(=N)(=O)C(F)(F)F)[C@@H]2Cc2cccc(-c3cc(F)cc(F)c3)c2F)CCC1. The van der Waals surface area contributed by atoms with Gasteiger partial charge in [0.15, 0.2) is 0 Å². The van der Waals surface area contributed by atoms with Crippen LogP contribution in [0.2, 0.25) is 0 Å². The molecule has 0 spiro atoms. The van der Waals surface area contributed by atoms with Crippen molar-refractivity contribution >= 4 is 21.9 Å². The number of rotatable bonds is 7. The van der Waals surface area contributed by atoms with Crippen LogP contribution in [0.15, 0.2) is 36.4 Å². The number of halogens is 6. The number of benzene rings is 2. The topological polar surface area (TPSA) is 112 Å². The van der Waals surface area contributed by atoms with Crippen LogP contribution in [0.5, 0.6) is 0 Å². The van der Waals surface area contributed by atoms with Gasteiger partial charge in [-0.2, -0.15) is 13.2 Å². The second kappa shape index (κ2) is 11.6. The van der Waals surface area contributed by atoms with Gasteiger partial charge in [0, 0.05) is 24.2 Å². The van der Waals surface area contributed by atoms with Crippen molar-refractivity contribution in [2.75, 3.05) is 6.54 Å². The van der Waals surface area contributed by atoms with Gasteiger partial charge in [-0.15, -0.1) is 0 Å². The number of likely N-dealkylation sites (tertiary alicyclic amines) is 1. The third kappa shape index (κ3) is 7.08. The molecular formula is C28H32F6N4O4S. The molecule has 236 valence electrons. The lowest BCUT2D eigenvalue weighted by Crippen LogP contribution is -2.65. The van der Waals surface area contributed by atoms with E-state index in [-0.39, 0.29) is 42.5 Å². The van der Waals surface area contributed by atoms with Crippen molar-refractivity contribution in [2.24, 2.45) is 0 Å². The number of hydrogen-bond donors (Lipinski definition) is 3. The summed E-state index contributed by atoms with van der Waals surface area (Å²) in [4.78, 5) is 27.7. The number of hydrogen-bond acceptors (Lipinski definition) is 5. The Bertz CT molecular complexity index is 1490. The van der Waals surface area contributed by atoms with Crippen molar-refractivity contribution in [2.45, 2.75) is 81.6 Å². The molecule has 2 aliphatic rings. The largest absolute Gasteiger partial charge is 0.492 e. The minimum Gasteiger partial charge on any atom is -0.444 e. The van der Waals surface area contributed by atoms with Crippen molar-refractivity contribution in [1.82, 2.24) is 14.9 Å². The van der Waals surface area contributed by atoms with E-state index in [9.17, 15) is 35.8 Å². The van der Waals surface area contributed by atoms with Crippen LogP contribution in [0.1, 0.15) is 52.0 Å². The molecule has 1 saturated carbocycles. The molecule has 1 unspecified atom stereocenters. The number of alkyl carbamates (subject to hydrolysis) is 1. The summed E-state index contributed by atoms with van der Waals surface area (Å²) in [6.45, 7) is 4.76. The van der Waals surface area contributed by atoms with E-state index in [1.807, 2.05) is 4.72 Å². The van der Waals surface area contributed by atoms with Gasteiger partial charge < -0.3 is 15.0 Å². The minimum absolute atomic E-state index is 0.0927. The van der Waals surface area contributed by atoms with E-state index in [2.05, 4.69) is 5.32 Å². The first-order chi connectivity index (χ1) is 19.8. The van der Waals surface area contributed by atoms with E-state index >= 15 is 4.39 Å². The summed E-state index contributed by atoms with van der Waals surface area (Å²) in [6.07, 6.45) is -0.397. The molecule has 8 nitrogen and oxygen atoms in total. The highest BCUT2D eigenvalue weighted by Crippen LogP contribution is 2.38. The zero-order valence-corrected chi connectivity index (χ0v) is 24.4. The molecule has 1 saturated heterocycles. The highest BCUT2D eigenvalue weighted by Gasteiger charge is 2.53. The molecule has 4 rings (SSSR count). The summed E-state index contributed by atoms with van der Waals surface area (Å²) in [6, 6.07) is 3.85. The zero-order valence-electron chi connectivity index (χ0n) is 23.6. The van der Waals surface area contributed by atoms with Crippen LogP contribution in [0.3, 0.4) is 0 Å². The summed E-state index contributed by atoms with van der Waals surface area (Å²) in [7, 11) is -5.35. The Balaban J connectivity index is 1.69. The summed E-state index contributed by atoms with van der Waals surface area (Å²) < 4.78 is 111. The fourth-order valence-electron chi connectivity index (χ4n) is 5.37. The summed E-state index contributed by atoms with van der Waals surface area (Å²) >= 11 is 0. The van der Waals surface area contributed by atoms with Crippen LogP contribution >= 0.6 is 0 Å². The summed E-state index contributed by atoms with van der Waals surface area (Å²) in [5.74, 6) is -3.45. The lowest BCUT2D eigenvalue weighted by molar-refractivity contribution is -0.143. The van der Waals surface area contributed by atoms with Gasteiger partial charge in [-0.1, -0.05) is 18.2 Å². The normalized spacial score (nSPS) is 21.6. The standard InChI is InChI=1S/C28H32F6N4O4S/c1-26(2,3)42-25(40)36-27(9-5-10-27)24(39)38-11-8-21(37-43(35,41)28(32,33)34)22(38)14-16-6-4-7-20(23(16)31)17-12-18(29)15-19(30)13-17/h4,6-7,12-13,15,21-22H,5,8-11,14H2,1-3H3,(H,36,40)(H2,35,37,41)/t21-,22-,43?/m0/s1. The Morgan fingerprint density at radius 3 is 2.26 bits per heavy atom. The predicted molar refractivity (Wildman–Crippen MR) is 145 cm³/mol. The second-order valence-corrected chi connectivity index (χ2v) is 13.6. The van der Waals surface area contributed by atoms with Crippen LogP contribution in [-0.4, -0.2) is 56.4 Å². The number of carbonyl (C=O) groups is 2. The Kier molecular flexibility index (Phi) is 8.82. The third-order valence-electron chi connectivity index (χ3n) is 7.49. The van der Waals surface area contributed by atoms with Crippen LogP contribution < -0.4 is 10.0 Å². The molecule has 1 aliphatic carbocycles. The van der Waals surface area contributed by atoms with Crippen molar-refractivity contribution in [3.63, 3.8) is 0 Å². The monoisotopic (exact) mass is 634 g/mol. The number of amides is 2. The molecular weight excluding hydrogens is 602 g/mol. The van der Waals surface area contributed by atoms with Gasteiger partial charge in [0.05, 0.1) is 6.04 Å². The molecule has 0 bridgehead atoms. The number of ether oxygens (including phenoxy) is 1. The number of carbonyl (C=O) groups excluding carboxylic acids is 2. The van der Waals surface area contributed by atoms with Gasteiger partial charge in [-0.25, -0.2) is 31.7 Å². The first kappa shape index (κ1) is 32.6. The van der Waals surface area contributed by atoms with Gasteiger partial charge in [-0.3, -0.25) is 4.79 Å². The van der Waals surface area contributed by atoms with Gasteiger partial charge in [0.1, 0.15) is 28.6 Å². The van der Waals surface area contributed by atoms with Crippen molar-refractivity contribution in [3.05, 3.63) is 59.4 Å². The van der Waals surface area contributed by atoms with Crippen molar-refractivity contribution in [3.8, 4) is 11.1 Å². The quantitative estimate of drug-likeness (QED) is 0.335. The Morgan fingerprint density at radius 1 is 1.09 bits per heavy atom. The lowest BCUT2D eigenvalue weighted by Gasteiger charge is -2.44. The Labute approximate surface area is 245 Å². The molecule has 3 N–H and O–H groups in total. The lowest BCUT2D eigenvalue weighted by atomic mass is 9.75. The van der Waals surface area contributed by atoms with E-state index < -0.39 is 74.5 Å². The molecule has 2 aromatic carbocycles. The summed E-state index contributed by atoms with van der Waals surface area (Å²) in [5.41, 5.74) is -8.10. The van der Waals surface area contributed by atoms with Gasteiger partial charge in [-0.05, 0) is 76.1 Å². The van der Waals surface area contributed by atoms with Gasteiger partial charge in [0.2, 0.25) is 15.8 Å². The van der Waals surface area contributed by atoms with Crippen molar-refractivity contribution in [1.29, 1.82) is 4.78 Å². The maximum atomic E-state index is 15.8. The molecule has 15 heteroatoms. The minimum atomic E-state index is -5.42. The van der Waals surface area contributed by atoms with Crippen LogP contribution in [-0.2, 0) is 25.9 Å². The number of alkyl halides is 3. The van der Waals surface area contributed by atoms with Crippen molar-refractivity contribution < 1.29 is 44.9 Å². The smallest absolute Gasteiger partial charge is 0.444 e. The first-order valence-corrected chi connectivity index (χ1v) is 15.1. The fourth-order valence-corrected chi connectivity index (χ4v) is 6.20. The fraction of sp³-hybridized carbons (Fsp3) is 0.500. The number of nitrogens with zero attached hydrogens (tertiary/aromatic N) is 1. The highest BCUT2D eigenvalue weighted by molar-refractivity contribution is 7.91. The highest BCUT2D eigenvalue weighted by atomic mass is 32.2. The van der Waals surface area contributed by atoms with E-state index in [1.165, 1.54) is 23.1 Å². The molecule has 0 radical (unpaired) electrons. The maximum Gasteiger partial charge on any atom is 0.492 e. The van der Waals surface area contributed by atoms with E-state index in [4.69, 9.17) is 9.52 Å². The zero-order chi connectivity index (χ0) is 32.0. The molecule has 1 aliphatic heterocycles. The number of nitrogens with one attached hydrogen (secondary N) is 3. The second-order valence-electron chi connectivity index (χ2n) is 11.8. The van der Waals surface area contributed by atoms with E-state index in [0.29, 0.717) is 12.5 Å². The Hall–Kier alpha value is -3.33.